The van der Waals surface area contributed by atoms with Gasteiger partial charge in [-0.15, -0.1) is 10.2 Å². The van der Waals surface area contributed by atoms with Gasteiger partial charge in [-0.05, 0) is 37.3 Å². The molecule has 0 radical (unpaired) electrons. The SMILES string of the molecule is CC(NC(=O)c1c[nH]c2ccc(F)cc2c1=O)c1nnc2ccccn12. The van der Waals surface area contributed by atoms with Gasteiger partial charge in [-0.2, -0.15) is 0 Å². The lowest BCUT2D eigenvalue weighted by Gasteiger charge is -2.12. The molecule has 0 spiro atoms. The van der Waals surface area contributed by atoms with E-state index in [0.717, 1.165) is 6.07 Å². The Kier molecular flexibility index (Phi) is 3.72. The van der Waals surface area contributed by atoms with E-state index in [1.54, 1.807) is 23.6 Å². The largest absolute Gasteiger partial charge is 0.360 e. The van der Waals surface area contributed by atoms with Crippen LogP contribution >= 0.6 is 0 Å². The lowest BCUT2D eigenvalue weighted by Crippen LogP contribution is -2.32. The number of nitrogens with one attached hydrogen (secondary N) is 2. The average molecular weight is 351 g/mol. The zero-order valence-corrected chi connectivity index (χ0v) is 13.7. The van der Waals surface area contributed by atoms with Gasteiger partial charge in [0, 0.05) is 23.3 Å². The van der Waals surface area contributed by atoms with Crippen LogP contribution in [0.4, 0.5) is 4.39 Å². The first-order valence-corrected chi connectivity index (χ1v) is 7.96. The fraction of sp³-hybridized carbons (Fsp3) is 0.111. The van der Waals surface area contributed by atoms with Gasteiger partial charge in [0.05, 0.1) is 6.04 Å². The number of hydrogen-bond donors (Lipinski definition) is 2. The molecule has 8 heteroatoms. The second-order valence-corrected chi connectivity index (χ2v) is 5.90. The molecule has 7 nitrogen and oxygen atoms in total. The quantitative estimate of drug-likeness (QED) is 0.592. The number of pyridine rings is 2. The standard InChI is InChI=1S/C18H14FN5O2/c1-10(17-23-22-15-4-2-3-7-24(15)17)21-18(26)13-9-20-14-6-5-11(19)8-12(14)16(13)25/h2-10H,1H3,(H,20,25)(H,21,26). The maximum atomic E-state index is 13.4. The number of benzene rings is 1. The molecule has 26 heavy (non-hydrogen) atoms. The number of nitrogens with zero attached hydrogens (tertiary/aromatic N) is 3. The molecule has 0 saturated heterocycles. The highest BCUT2D eigenvalue weighted by molar-refractivity contribution is 5.97. The highest BCUT2D eigenvalue weighted by Crippen LogP contribution is 2.13. The number of hydrogen-bond acceptors (Lipinski definition) is 4. The summed E-state index contributed by atoms with van der Waals surface area (Å²) in [5.74, 6) is -0.571. The number of carbonyl (C=O) groups excluding carboxylic acids is 1. The summed E-state index contributed by atoms with van der Waals surface area (Å²) in [7, 11) is 0. The molecule has 0 saturated carbocycles. The van der Waals surface area contributed by atoms with Crippen LogP contribution in [0.5, 0.6) is 0 Å². The zero-order valence-electron chi connectivity index (χ0n) is 13.7. The molecule has 130 valence electrons. The first-order valence-electron chi connectivity index (χ1n) is 7.96. The molecule has 0 aliphatic heterocycles. The van der Waals surface area contributed by atoms with E-state index in [0.29, 0.717) is 17.0 Å². The lowest BCUT2D eigenvalue weighted by molar-refractivity contribution is 0.0937. The maximum Gasteiger partial charge on any atom is 0.257 e. The van der Waals surface area contributed by atoms with Crippen molar-refractivity contribution in [1.29, 1.82) is 0 Å². The van der Waals surface area contributed by atoms with Crippen LogP contribution in [0, 0.1) is 5.82 Å². The third-order valence-electron chi connectivity index (χ3n) is 4.16. The van der Waals surface area contributed by atoms with Crippen molar-refractivity contribution >= 4 is 22.5 Å². The second kappa shape index (κ2) is 6.07. The van der Waals surface area contributed by atoms with E-state index in [9.17, 15) is 14.0 Å². The van der Waals surface area contributed by atoms with Crippen molar-refractivity contribution in [3.8, 4) is 0 Å². The fourth-order valence-electron chi connectivity index (χ4n) is 2.85. The Morgan fingerprint density at radius 2 is 2.12 bits per heavy atom. The Hall–Kier alpha value is -3.55. The molecule has 4 aromatic rings. The van der Waals surface area contributed by atoms with Gasteiger partial charge in [0.25, 0.3) is 5.91 Å². The number of H-pyrrole nitrogens is 1. The van der Waals surface area contributed by atoms with Gasteiger partial charge >= 0.3 is 0 Å². The molecule has 3 aromatic heterocycles. The van der Waals surface area contributed by atoms with Crippen molar-refractivity contribution in [3.63, 3.8) is 0 Å². The van der Waals surface area contributed by atoms with Gasteiger partial charge in [0.2, 0.25) is 5.43 Å². The Morgan fingerprint density at radius 3 is 2.96 bits per heavy atom. The average Bonchev–Trinajstić information content (AvgIpc) is 3.06. The number of fused-ring (bicyclic) bond motifs is 2. The lowest BCUT2D eigenvalue weighted by atomic mass is 10.1. The fourth-order valence-corrected chi connectivity index (χ4v) is 2.85. The molecule has 4 rings (SSSR count). The van der Waals surface area contributed by atoms with Crippen molar-refractivity contribution in [3.05, 3.63) is 76.2 Å². The molecule has 0 aliphatic rings. The molecular formula is C18H14FN5O2. The summed E-state index contributed by atoms with van der Waals surface area (Å²) in [5, 5.41) is 11.0. The van der Waals surface area contributed by atoms with Crippen molar-refractivity contribution in [1.82, 2.24) is 24.9 Å². The van der Waals surface area contributed by atoms with Gasteiger partial charge in [-0.3, -0.25) is 14.0 Å². The molecule has 2 N–H and O–H groups in total. The van der Waals surface area contributed by atoms with Crippen LogP contribution in [0.15, 0.2) is 53.6 Å². The van der Waals surface area contributed by atoms with Crippen LogP contribution in [-0.4, -0.2) is 25.5 Å². The minimum Gasteiger partial charge on any atom is -0.360 e. The molecule has 3 heterocycles. The van der Waals surface area contributed by atoms with Crippen LogP contribution in [0.3, 0.4) is 0 Å². The Labute approximate surface area is 146 Å². The highest BCUT2D eigenvalue weighted by Gasteiger charge is 2.19. The van der Waals surface area contributed by atoms with Gasteiger partial charge < -0.3 is 10.3 Å². The first kappa shape index (κ1) is 15.9. The summed E-state index contributed by atoms with van der Waals surface area (Å²) in [5.41, 5.74) is 0.491. The highest BCUT2D eigenvalue weighted by atomic mass is 19.1. The van der Waals surface area contributed by atoms with Gasteiger partial charge in [-0.1, -0.05) is 6.07 Å². The third kappa shape index (κ3) is 2.61. The van der Waals surface area contributed by atoms with E-state index < -0.39 is 23.2 Å². The summed E-state index contributed by atoms with van der Waals surface area (Å²) in [6.45, 7) is 1.75. The third-order valence-corrected chi connectivity index (χ3v) is 4.16. The minimum absolute atomic E-state index is 0.0937. The number of amides is 1. The van der Waals surface area contributed by atoms with Crippen LogP contribution in [-0.2, 0) is 0 Å². The number of carbonyl (C=O) groups is 1. The predicted molar refractivity (Wildman–Crippen MR) is 93.4 cm³/mol. The van der Waals surface area contributed by atoms with Crippen LogP contribution in [0.2, 0.25) is 0 Å². The molecule has 1 aromatic carbocycles. The normalized spacial score (nSPS) is 12.4. The van der Waals surface area contributed by atoms with E-state index in [-0.39, 0.29) is 10.9 Å². The molecule has 0 fully saturated rings. The van der Waals surface area contributed by atoms with Crippen LogP contribution in [0.1, 0.15) is 29.1 Å². The summed E-state index contributed by atoms with van der Waals surface area (Å²) in [4.78, 5) is 27.9. The van der Waals surface area contributed by atoms with Crippen molar-refractivity contribution < 1.29 is 9.18 Å². The van der Waals surface area contributed by atoms with Crippen LogP contribution in [0.25, 0.3) is 16.6 Å². The minimum atomic E-state index is -0.572. The topological polar surface area (TPSA) is 92.1 Å². The molecular weight excluding hydrogens is 337 g/mol. The van der Waals surface area contributed by atoms with Crippen molar-refractivity contribution in [2.75, 3.05) is 0 Å². The Morgan fingerprint density at radius 1 is 1.27 bits per heavy atom. The Balaban J connectivity index is 1.67. The van der Waals surface area contributed by atoms with E-state index in [1.807, 2.05) is 12.1 Å². The summed E-state index contributed by atoms with van der Waals surface area (Å²) >= 11 is 0. The van der Waals surface area contributed by atoms with Crippen LogP contribution < -0.4 is 10.7 Å². The predicted octanol–water partition coefficient (Wildman–Crippen LogP) is 2.20. The molecule has 0 aliphatic carbocycles. The van der Waals surface area contributed by atoms with E-state index in [1.165, 1.54) is 18.3 Å². The Bertz CT molecular complexity index is 1200. The monoisotopic (exact) mass is 351 g/mol. The van der Waals surface area contributed by atoms with Gasteiger partial charge in [-0.25, -0.2) is 4.39 Å². The number of aromatic amines is 1. The number of halogens is 1. The molecule has 0 bridgehead atoms. The number of rotatable bonds is 3. The summed E-state index contributed by atoms with van der Waals surface area (Å²) in [6, 6.07) is 8.80. The van der Waals surface area contributed by atoms with Gasteiger partial charge in [0.1, 0.15) is 11.4 Å². The first-order chi connectivity index (χ1) is 12.5. The zero-order chi connectivity index (χ0) is 18.3. The number of aromatic nitrogens is 4. The summed E-state index contributed by atoms with van der Waals surface area (Å²) in [6.07, 6.45) is 3.12. The van der Waals surface area contributed by atoms with Gasteiger partial charge in [0.15, 0.2) is 11.5 Å². The van der Waals surface area contributed by atoms with E-state index >= 15 is 0 Å². The van der Waals surface area contributed by atoms with E-state index in [4.69, 9.17) is 0 Å². The van der Waals surface area contributed by atoms with Crippen molar-refractivity contribution in [2.24, 2.45) is 0 Å². The van der Waals surface area contributed by atoms with E-state index in [2.05, 4.69) is 20.5 Å². The van der Waals surface area contributed by atoms with Crippen molar-refractivity contribution in [2.45, 2.75) is 13.0 Å². The summed E-state index contributed by atoms with van der Waals surface area (Å²) < 4.78 is 15.2. The smallest absolute Gasteiger partial charge is 0.257 e. The maximum absolute atomic E-state index is 13.4. The molecule has 1 amide bonds. The second-order valence-electron chi connectivity index (χ2n) is 5.90. The molecule has 1 atom stereocenters. The molecule has 1 unspecified atom stereocenters.